The van der Waals surface area contributed by atoms with Gasteiger partial charge in [0.1, 0.15) is 17.5 Å². The minimum Gasteiger partial charge on any atom is -0.383 e. The zero-order valence-electron chi connectivity index (χ0n) is 11.1. The van der Waals surface area contributed by atoms with Gasteiger partial charge < -0.3 is 11.1 Å². The zero-order valence-corrected chi connectivity index (χ0v) is 11.1. The normalized spacial score (nSPS) is 18.7. The highest BCUT2D eigenvalue weighted by molar-refractivity contribution is 6.06. The van der Waals surface area contributed by atoms with Gasteiger partial charge in [-0.2, -0.15) is 0 Å². The first-order valence-electron chi connectivity index (χ1n) is 6.06. The molecule has 1 aromatic heterocycles. The standard InChI is InChI=1S/C11H15N5O4/c1-3-16-8(12)7(9(18)14-11(16)20)13-5-4-6(17)15(2)10(5)19/h5,13H,3-4,12H2,1-2H3,(H,14,18,20). The highest BCUT2D eigenvalue weighted by Gasteiger charge is 2.36. The van der Waals surface area contributed by atoms with Crippen molar-refractivity contribution in [3.8, 4) is 0 Å². The second-order valence-corrected chi connectivity index (χ2v) is 4.46. The number of carbonyl (C=O) groups excluding carboxylic acids is 2. The lowest BCUT2D eigenvalue weighted by Gasteiger charge is -2.15. The average molecular weight is 281 g/mol. The van der Waals surface area contributed by atoms with E-state index >= 15 is 0 Å². The largest absolute Gasteiger partial charge is 0.383 e. The Labute approximate surface area is 113 Å². The van der Waals surface area contributed by atoms with E-state index in [4.69, 9.17) is 5.73 Å². The molecule has 1 atom stereocenters. The van der Waals surface area contributed by atoms with Crippen molar-refractivity contribution in [1.82, 2.24) is 14.5 Å². The second-order valence-electron chi connectivity index (χ2n) is 4.46. The molecule has 4 N–H and O–H groups in total. The van der Waals surface area contributed by atoms with Gasteiger partial charge in [0.05, 0.1) is 6.42 Å². The summed E-state index contributed by atoms with van der Waals surface area (Å²) >= 11 is 0. The molecule has 0 bridgehead atoms. The smallest absolute Gasteiger partial charge is 0.330 e. The van der Waals surface area contributed by atoms with Crippen LogP contribution in [-0.2, 0) is 16.1 Å². The molecule has 0 spiro atoms. The lowest BCUT2D eigenvalue weighted by Crippen LogP contribution is -2.38. The number of aromatic amines is 1. The SMILES string of the molecule is CCn1c(N)c(NC2CC(=O)N(C)C2=O)c(=O)[nH]c1=O. The molecule has 1 fully saturated rings. The predicted molar refractivity (Wildman–Crippen MR) is 71.2 cm³/mol. The third kappa shape index (κ3) is 2.06. The van der Waals surface area contributed by atoms with Gasteiger partial charge in [-0.25, -0.2) is 4.79 Å². The van der Waals surface area contributed by atoms with Crippen LogP contribution in [-0.4, -0.2) is 39.4 Å². The minimum absolute atomic E-state index is 0.0561. The van der Waals surface area contributed by atoms with E-state index in [9.17, 15) is 19.2 Å². The van der Waals surface area contributed by atoms with Crippen LogP contribution < -0.4 is 22.3 Å². The van der Waals surface area contributed by atoms with E-state index in [1.165, 1.54) is 7.05 Å². The molecule has 0 radical (unpaired) electrons. The number of hydrogen-bond acceptors (Lipinski definition) is 6. The lowest BCUT2D eigenvalue weighted by atomic mass is 10.2. The molecule has 1 unspecified atom stereocenters. The van der Waals surface area contributed by atoms with Gasteiger partial charge in [-0.3, -0.25) is 28.8 Å². The molecule has 1 aliphatic heterocycles. The Morgan fingerprint density at radius 3 is 2.50 bits per heavy atom. The Morgan fingerprint density at radius 2 is 2.00 bits per heavy atom. The number of amides is 2. The Balaban J connectivity index is 2.41. The van der Waals surface area contributed by atoms with Crippen LogP contribution in [0, 0.1) is 0 Å². The van der Waals surface area contributed by atoms with Crippen LogP contribution in [0.4, 0.5) is 11.5 Å². The Morgan fingerprint density at radius 1 is 1.35 bits per heavy atom. The molecular weight excluding hydrogens is 266 g/mol. The van der Waals surface area contributed by atoms with Gasteiger partial charge in [-0.15, -0.1) is 0 Å². The number of aromatic nitrogens is 2. The molecule has 1 aromatic rings. The van der Waals surface area contributed by atoms with Crippen molar-refractivity contribution in [2.24, 2.45) is 0 Å². The molecule has 2 heterocycles. The summed E-state index contributed by atoms with van der Waals surface area (Å²) in [5, 5.41) is 2.65. The van der Waals surface area contributed by atoms with Gasteiger partial charge in [-0.1, -0.05) is 0 Å². The summed E-state index contributed by atoms with van der Waals surface area (Å²) in [6.45, 7) is 1.96. The summed E-state index contributed by atoms with van der Waals surface area (Å²) in [6.07, 6.45) is -0.0561. The molecule has 0 aliphatic carbocycles. The van der Waals surface area contributed by atoms with Crippen molar-refractivity contribution in [1.29, 1.82) is 0 Å². The number of anilines is 2. The highest BCUT2D eigenvalue weighted by Crippen LogP contribution is 2.18. The van der Waals surface area contributed by atoms with E-state index in [-0.39, 0.29) is 30.4 Å². The molecule has 1 aliphatic rings. The molecular formula is C11H15N5O4. The van der Waals surface area contributed by atoms with Crippen molar-refractivity contribution in [2.75, 3.05) is 18.1 Å². The fraction of sp³-hybridized carbons (Fsp3) is 0.455. The summed E-state index contributed by atoms with van der Waals surface area (Å²) < 4.78 is 1.16. The summed E-state index contributed by atoms with van der Waals surface area (Å²) in [6, 6.07) is -0.848. The number of imide groups is 1. The fourth-order valence-electron chi connectivity index (χ4n) is 2.08. The van der Waals surface area contributed by atoms with Gasteiger partial charge in [0.25, 0.3) is 11.5 Å². The molecule has 0 aromatic carbocycles. The van der Waals surface area contributed by atoms with Crippen LogP contribution in [0.2, 0.25) is 0 Å². The number of nitrogen functional groups attached to an aromatic ring is 1. The third-order valence-corrected chi connectivity index (χ3v) is 3.26. The maximum atomic E-state index is 11.8. The number of nitrogens with zero attached hydrogens (tertiary/aromatic N) is 2. The fourth-order valence-corrected chi connectivity index (χ4v) is 2.08. The molecule has 20 heavy (non-hydrogen) atoms. The quantitative estimate of drug-likeness (QED) is 0.566. The molecule has 108 valence electrons. The third-order valence-electron chi connectivity index (χ3n) is 3.26. The molecule has 1 saturated heterocycles. The number of nitrogens with two attached hydrogens (primary N) is 1. The number of rotatable bonds is 3. The van der Waals surface area contributed by atoms with Crippen molar-refractivity contribution in [3.05, 3.63) is 20.8 Å². The summed E-state index contributed by atoms with van der Waals surface area (Å²) in [4.78, 5) is 49.6. The van der Waals surface area contributed by atoms with Gasteiger partial charge in [-0.05, 0) is 6.92 Å². The van der Waals surface area contributed by atoms with Crippen molar-refractivity contribution < 1.29 is 9.59 Å². The Bertz CT molecular complexity index is 689. The summed E-state index contributed by atoms with van der Waals surface area (Å²) in [5.41, 5.74) is 4.35. The summed E-state index contributed by atoms with van der Waals surface area (Å²) in [5.74, 6) is -0.842. The monoisotopic (exact) mass is 281 g/mol. The minimum atomic E-state index is -0.848. The number of carbonyl (C=O) groups is 2. The van der Waals surface area contributed by atoms with E-state index in [0.717, 1.165) is 9.47 Å². The Hall–Kier alpha value is -2.58. The molecule has 2 amide bonds. The molecule has 0 saturated carbocycles. The maximum Gasteiger partial charge on any atom is 0.330 e. The van der Waals surface area contributed by atoms with E-state index in [1.54, 1.807) is 6.92 Å². The van der Waals surface area contributed by atoms with Crippen LogP contribution in [0.5, 0.6) is 0 Å². The van der Waals surface area contributed by atoms with Crippen molar-refractivity contribution in [2.45, 2.75) is 25.9 Å². The van der Waals surface area contributed by atoms with E-state index < -0.39 is 23.2 Å². The van der Waals surface area contributed by atoms with Gasteiger partial charge in [0.2, 0.25) is 5.91 Å². The number of likely N-dealkylation sites (N-methyl/N-ethyl adjacent to an activating group) is 1. The Kier molecular flexibility index (Phi) is 3.35. The van der Waals surface area contributed by atoms with Gasteiger partial charge >= 0.3 is 5.69 Å². The maximum absolute atomic E-state index is 11.8. The first-order chi connectivity index (χ1) is 9.36. The zero-order chi connectivity index (χ0) is 15.0. The average Bonchev–Trinajstić information content (AvgIpc) is 2.62. The topological polar surface area (TPSA) is 130 Å². The molecule has 9 heteroatoms. The van der Waals surface area contributed by atoms with Crippen LogP contribution in [0.1, 0.15) is 13.3 Å². The number of hydrogen-bond donors (Lipinski definition) is 3. The van der Waals surface area contributed by atoms with Crippen LogP contribution in [0.15, 0.2) is 9.59 Å². The molecule has 9 nitrogen and oxygen atoms in total. The van der Waals surface area contributed by atoms with E-state index in [1.807, 2.05) is 0 Å². The van der Waals surface area contributed by atoms with Crippen LogP contribution in [0.3, 0.4) is 0 Å². The predicted octanol–water partition coefficient (Wildman–Crippen LogP) is -1.69. The number of H-pyrrole nitrogens is 1. The van der Waals surface area contributed by atoms with Crippen LogP contribution in [0.25, 0.3) is 0 Å². The highest BCUT2D eigenvalue weighted by atomic mass is 16.2. The number of nitrogens with one attached hydrogen (secondary N) is 2. The van der Waals surface area contributed by atoms with Crippen molar-refractivity contribution in [3.63, 3.8) is 0 Å². The number of likely N-dealkylation sites (tertiary alicyclic amines) is 1. The van der Waals surface area contributed by atoms with Gasteiger partial charge in [0.15, 0.2) is 0 Å². The second kappa shape index (κ2) is 4.83. The first-order valence-corrected chi connectivity index (χ1v) is 6.06. The van der Waals surface area contributed by atoms with E-state index in [0.29, 0.717) is 0 Å². The van der Waals surface area contributed by atoms with Crippen molar-refractivity contribution >= 4 is 23.3 Å². The lowest BCUT2D eigenvalue weighted by molar-refractivity contribution is -0.136. The van der Waals surface area contributed by atoms with E-state index in [2.05, 4.69) is 10.3 Å². The first kappa shape index (κ1) is 13.8. The van der Waals surface area contributed by atoms with Crippen LogP contribution >= 0.6 is 0 Å². The summed E-state index contributed by atoms with van der Waals surface area (Å²) in [7, 11) is 1.37. The van der Waals surface area contributed by atoms with Gasteiger partial charge in [0, 0.05) is 13.6 Å². The molecule has 2 rings (SSSR count).